The van der Waals surface area contributed by atoms with Gasteiger partial charge in [-0.15, -0.1) is 0 Å². The van der Waals surface area contributed by atoms with Gasteiger partial charge < -0.3 is 15.8 Å². The Bertz CT molecular complexity index is 725. The minimum atomic E-state index is -0.243. The van der Waals surface area contributed by atoms with Crippen LogP contribution in [0.3, 0.4) is 0 Å². The van der Waals surface area contributed by atoms with Crippen molar-refractivity contribution in [1.82, 2.24) is 10.2 Å². The van der Waals surface area contributed by atoms with Crippen LogP contribution in [0.5, 0.6) is 5.75 Å². The van der Waals surface area contributed by atoms with E-state index in [1.165, 1.54) is 5.56 Å². The van der Waals surface area contributed by atoms with E-state index in [0.29, 0.717) is 12.3 Å². The molecule has 0 saturated carbocycles. The fraction of sp³-hybridized carbons (Fsp3) is 0.435. The summed E-state index contributed by atoms with van der Waals surface area (Å²) >= 11 is 0. The molecule has 1 aliphatic rings. The smallest absolute Gasteiger partial charge is 0.221 e. The molecule has 1 heterocycles. The predicted molar refractivity (Wildman–Crippen MR) is 112 cm³/mol. The summed E-state index contributed by atoms with van der Waals surface area (Å²) in [6.45, 7) is 3.85. The third-order valence-corrected chi connectivity index (χ3v) is 5.49. The van der Waals surface area contributed by atoms with Crippen LogP contribution in [0.15, 0.2) is 54.6 Å². The second kappa shape index (κ2) is 10.2. The van der Waals surface area contributed by atoms with E-state index in [0.717, 1.165) is 50.3 Å². The molecule has 3 rings (SSSR count). The number of nitrogens with one attached hydrogen (secondary N) is 1. The molecule has 1 fully saturated rings. The quantitative estimate of drug-likeness (QED) is 0.737. The minimum Gasteiger partial charge on any atom is -0.497 e. The number of hydrogen-bond donors (Lipinski definition) is 2. The fourth-order valence-corrected chi connectivity index (χ4v) is 3.69. The number of carbonyl (C=O) groups is 1. The molecule has 0 aromatic heterocycles. The van der Waals surface area contributed by atoms with Gasteiger partial charge in [-0.25, -0.2) is 0 Å². The Morgan fingerprint density at radius 2 is 1.82 bits per heavy atom. The summed E-state index contributed by atoms with van der Waals surface area (Å²) in [6, 6.07) is 17.8. The molecule has 28 heavy (non-hydrogen) atoms. The van der Waals surface area contributed by atoms with Crippen LogP contribution in [0, 0.1) is 5.92 Å². The molecule has 0 spiro atoms. The zero-order chi connectivity index (χ0) is 19.8. The normalized spacial score (nSPS) is 16.5. The number of likely N-dealkylation sites (tertiary alicyclic amines) is 1. The second-order valence-electron chi connectivity index (χ2n) is 7.59. The molecular formula is C23H31N3O2. The topological polar surface area (TPSA) is 67.6 Å². The van der Waals surface area contributed by atoms with Gasteiger partial charge in [0, 0.05) is 25.6 Å². The molecule has 5 heteroatoms. The highest BCUT2D eigenvalue weighted by Crippen LogP contribution is 2.20. The van der Waals surface area contributed by atoms with Crippen molar-refractivity contribution in [3.8, 4) is 5.75 Å². The first-order chi connectivity index (χ1) is 13.6. The average molecular weight is 382 g/mol. The molecule has 5 nitrogen and oxygen atoms in total. The number of hydrogen-bond acceptors (Lipinski definition) is 4. The summed E-state index contributed by atoms with van der Waals surface area (Å²) in [6.07, 6.45) is 2.56. The number of piperidine rings is 1. The van der Waals surface area contributed by atoms with Gasteiger partial charge in [-0.3, -0.25) is 9.69 Å². The van der Waals surface area contributed by atoms with Crippen LogP contribution in [0.25, 0.3) is 0 Å². The first-order valence-corrected chi connectivity index (χ1v) is 10.1. The van der Waals surface area contributed by atoms with Gasteiger partial charge in [0.25, 0.3) is 0 Å². The molecule has 1 unspecified atom stereocenters. The van der Waals surface area contributed by atoms with E-state index in [4.69, 9.17) is 10.5 Å². The van der Waals surface area contributed by atoms with E-state index in [-0.39, 0.29) is 11.9 Å². The molecule has 1 atom stereocenters. The summed E-state index contributed by atoms with van der Waals surface area (Å²) < 4.78 is 5.21. The molecule has 0 aliphatic carbocycles. The van der Waals surface area contributed by atoms with Gasteiger partial charge in [-0.05, 0) is 55.1 Å². The van der Waals surface area contributed by atoms with Gasteiger partial charge in [0.2, 0.25) is 5.91 Å². The first kappa shape index (κ1) is 20.4. The van der Waals surface area contributed by atoms with Crippen molar-refractivity contribution < 1.29 is 9.53 Å². The first-order valence-electron chi connectivity index (χ1n) is 10.1. The van der Waals surface area contributed by atoms with Crippen LogP contribution in [0.2, 0.25) is 0 Å². The maximum absolute atomic E-state index is 12.2. The van der Waals surface area contributed by atoms with E-state index in [1.807, 2.05) is 42.5 Å². The lowest BCUT2D eigenvalue weighted by atomic mass is 9.96. The molecule has 0 radical (unpaired) electrons. The highest BCUT2D eigenvalue weighted by atomic mass is 16.5. The van der Waals surface area contributed by atoms with Crippen LogP contribution >= 0.6 is 0 Å². The lowest BCUT2D eigenvalue weighted by molar-refractivity contribution is -0.121. The minimum absolute atomic E-state index is 0.0389. The maximum Gasteiger partial charge on any atom is 0.221 e. The molecular weight excluding hydrogens is 350 g/mol. The molecule has 1 saturated heterocycles. The van der Waals surface area contributed by atoms with Gasteiger partial charge in [0.1, 0.15) is 5.75 Å². The summed E-state index contributed by atoms with van der Waals surface area (Å²) in [5, 5.41) is 3.08. The summed E-state index contributed by atoms with van der Waals surface area (Å²) in [5.41, 5.74) is 8.45. The lowest BCUT2D eigenvalue weighted by Gasteiger charge is -2.32. The Hall–Kier alpha value is -2.37. The summed E-state index contributed by atoms with van der Waals surface area (Å²) in [5.74, 6) is 1.48. The highest BCUT2D eigenvalue weighted by molar-refractivity contribution is 5.76. The third kappa shape index (κ3) is 6.08. The summed E-state index contributed by atoms with van der Waals surface area (Å²) in [4.78, 5) is 14.7. The van der Waals surface area contributed by atoms with Crippen molar-refractivity contribution in [3.05, 3.63) is 65.7 Å². The van der Waals surface area contributed by atoms with Crippen LogP contribution in [-0.4, -0.2) is 37.6 Å². The molecule has 1 amide bonds. The average Bonchev–Trinajstić information content (AvgIpc) is 2.74. The van der Waals surface area contributed by atoms with Crippen LogP contribution < -0.4 is 15.8 Å². The number of methoxy groups -OCH3 is 1. The number of benzene rings is 2. The van der Waals surface area contributed by atoms with Crippen LogP contribution in [0.1, 0.15) is 36.4 Å². The van der Waals surface area contributed by atoms with Crippen molar-refractivity contribution in [1.29, 1.82) is 0 Å². The standard InChI is InChI=1S/C23H31N3O2/c1-28-21-9-7-19(8-10-21)17-26-13-11-18(12-14-26)16-25-23(27)15-22(24)20-5-3-2-4-6-20/h2-10,18,22H,11-17,24H2,1H3,(H,25,27). The van der Waals surface area contributed by atoms with Crippen LogP contribution in [-0.2, 0) is 11.3 Å². The van der Waals surface area contributed by atoms with Crippen LogP contribution in [0.4, 0.5) is 0 Å². The SMILES string of the molecule is COc1ccc(CN2CCC(CNC(=O)CC(N)c3ccccc3)CC2)cc1. The molecule has 2 aromatic carbocycles. The summed E-state index contributed by atoms with van der Waals surface area (Å²) in [7, 11) is 1.69. The van der Waals surface area contributed by atoms with Gasteiger partial charge in [0.15, 0.2) is 0 Å². The van der Waals surface area contributed by atoms with Crippen molar-refractivity contribution in [2.45, 2.75) is 31.8 Å². The number of nitrogens with two attached hydrogens (primary N) is 1. The van der Waals surface area contributed by atoms with Gasteiger partial charge in [0.05, 0.1) is 7.11 Å². The monoisotopic (exact) mass is 381 g/mol. The van der Waals surface area contributed by atoms with Crippen molar-refractivity contribution in [2.24, 2.45) is 11.7 Å². The Morgan fingerprint density at radius 3 is 2.46 bits per heavy atom. The van der Waals surface area contributed by atoms with Crippen molar-refractivity contribution in [2.75, 3.05) is 26.7 Å². The fourth-order valence-electron chi connectivity index (χ4n) is 3.69. The molecule has 2 aromatic rings. The number of nitrogens with zero attached hydrogens (tertiary/aromatic N) is 1. The lowest BCUT2D eigenvalue weighted by Crippen LogP contribution is -2.38. The molecule has 0 bridgehead atoms. The third-order valence-electron chi connectivity index (χ3n) is 5.49. The molecule has 1 aliphatic heterocycles. The largest absolute Gasteiger partial charge is 0.497 e. The van der Waals surface area contributed by atoms with E-state index >= 15 is 0 Å². The van der Waals surface area contributed by atoms with Gasteiger partial charge >= 0.3 is 0 Å². The predicted octanol–water partition coefficient (Wildman–Crippen LogP) is 3.11. The van der Waals surface area contributed by atoms with Gasteiger partial charge in [-0.1, -0.05) is 42.5 Å². The van der Waals surface area contributed by atoms with Crippen molar-refractivity contribution in [3.63, 3.8) is 0 Å². The number of rotatable bonds is 8. The number of amides is 1. The second-order valence-corrected chi connectivity index (χ2v) is 7.59. The van der Waals surface area contributed by atoms with Crippen molar-refractivity contribution >= 4 is 5.91 Å². The number of carbonyl (C=O) groups excluding carboxylic acids is 1. The Kier molecular flexibility index (Phi) is 7.46. The molecule has 3 N–H and O–H groups in total. The Morgan fingerprint density at radius 1 is 1.14 bits per heavy atom. The maximum atomic E-state index is 12.2. The van der Waals surface area contributed by atoms with Gasteiger partial charge in [-0.2, -0.15) is 0 Å². The zero-order valence-corrected chi connectivity index (χ0v) is 16.6. The zero-order valence-electron chi connectivity index (χ0n) is 16.6. The van der Waals surface area contributed by atoms with E-state index in [9.17, 15) is 4.79 Å². The Balaban J connectivity index is 1.35. The Labute approximate surface area is 167 Å². The number of ether oxygens (including phenoxy) is 1. The molecule has 150 valence electrons. The highest BCUT2D eigenvalue weighted by Gasteiger charge is 2.20. The van der Waals surface area contributed by atoms with E-state index in [2.05, 4.69) is 22.3 Å². The van der Waals surface area contributed by atoms with E-state index < -0.39 is 0 Å². The van der Waals surface area contributed by atoms with E-state index in [1.54, 1.807) is 7.11 Å².